The summed E-state index contributed by atoms with van der Waals surface area (Å²) in [5, 5.41) is 5.96. The van der Waals surface area contributed by atoms with E-state index < -0.39 is 21.8 Å². The van der Waals surface area contributed by atoms with Crippen LogP contribution in [-0.4, -0.2) is 46.8 Å². The number of nitrogens with zero attached hydrogens (tertiary/aromatic N) is 1. The van der Waals surface area contributed by atoms with Gasteiger partial charge in [-0.25, -0.2) is 13.1 Å². The first kappa shape index (κ1) is 21.2. The average molecular weight is 380 g/mol. The molecule has 1 aromatic carbocycles. The first-order valence-corrected chi connectivity index (χ1v) is 9.41. The second-order valence-corrected chi connectivity index (χ2v) is 7.26. The zero-order valence-electron chi connectivity index (χ0n) is 14.2. The Bertz CT molecular complexity index is 658. The number of benzene rings is 1. The van der Waals surface area contributed by atoms with Crippen LogP contribution >= 0.6 is 0 Å². The van der Waals surface area contributed by atoms with Crippen LogP contribution in [0.25, 0.3) is 0 Å². The molecule has 0 aliphatic carbocycles. The highest BCUT2D eigenvalue weighted by atomic mass is 32.2. The standard InChI is InChI=1S/C15H23F3N4O2S/c1-3-25(23,24)22-11-10-21-14(19-2)20-9-8-12-4-6-13(7-5-12)15(16,17)18/h4-7,22H,3,8-11H2,1-2H3,(H2,19,20,21). The van der Waals surface area contributed by atoms with E-state index in [9.17, 15) is 21.6 Å². The third-order valence-electron chi connectivity index (χ3n) is 3.33. The van der Waals surface area contributed by atoms with Crippen molar-refractivity contribution in [2.45, 2.75) is 19.5 Å². The van der Waals surface area contributed by atoms with E-state index in [2.05, 4.69) is 20.3 Å². The second kappa shape index (κ2) is 9.62. The van der Waals surface area contributed by atoms with Gasteiger partial charge in [0, 0.05) is 26.7 Å². The van der Waals surface area contributed by atoms with E-state index in [0.717, 1.165) is 17.7 Å². The van der Waals surface area contributed by atoms with Crippen molar-refractivity contribution in [3.05, 3.63) is 35.4 Å². The van der Waals surface area contributed by atoms with Gasteiger partial charge in [-0.05, 0) is 31.0 Å². The van der Waals surface area contributed by atoms with Crippen molar-refractivity contribution >= 4 is 16.0 Å². The lowest BCUT2D eigenvalue weighted by molar-refractivity contribution is -0.137. The van der Waals surface area contributed by atoms with Crippen LogP contribution in [0, 0.1) is 0 Å². The van der Waals surface area contributed by atoms with Gasteiger partial charge in [-0.1, -0.05) is 12.1 Å². The minimum absolute atomic E-state index is 0.0209. The molecular formula is C15H23F3N4O2S. The number of aliphatic imine (C=N–C) groups is 1. The van der Waals surface area contributed by atoms with Gasteiger partial charge >= 0.3 is 6.18 Å². The van der Waals surface area contributed by atoms with Gasteiger partial charge in [-0.2, -0.15) is 13.2 Å². The van der Waals surface area contributed by atoms with Crippen molar-refractivity contribution in [2.75, 3.05) is 32.4 Å². The summed E-state index contributed by atoms with van der Waals surface area (Å²) in [6.45, 7) is 2.62. The molecule has 6 nitrogen and oxygen atoms in total. The van der Waals surface area contributed by atoms with E-state index >= 15 is 0 Å². The molecule has 0 aromatic heterocycles. The van der Waals surface area contributed by atoms with E-state index in [1.165, 1.54) is 12.1 Å². The van der Waals surface area contributed by atoms with Gasteiger partial charge in [0.05, 0.1) is 11.3 Å². The van der Waals surface area contributed by atoms with Crippen LogP contribution in [0.4, 0.5) is 13.2 Å². The van der Waals surface area contributed by atoms with Crippen molar-refractivity contribution in [3.8, 4) is 0 Å². The van der Waals surface area contributed by atoms with Crippen molar-refractivity contribution in [2.24, 2.45) is 4.99 Å². The number of rotatable bonds is 8. The molecule has 0 atom stereocenters. The highest BCUT2D eigenvalue weighted by Crippen LogP contribution is 2.29. The summed E-state index contributed by atoms with van der Waals surface area (Å²) in [5.74, 6) is 0.509. The summed E-state index contributed by atoms with van der Waals surface area (Å²) in [4.78, 5) is 3.99. The molecule has 1 rings (SSSR count). The number of hydrogen-bond acceptors (Lipinski definition) is 3. The zero-order valence-corrected chi connectivity index (χ0v) is 15.0. The fraction of sp³-hybridized carbons (Fsp3) is 0.533. The molecule has 0 radical (unpaired) electrons. The molecule has 0 amide bonds. The van der Waals surface area contributed by atoms with Crippen LogP contribution in [0.15, 0.2) is 29.3 Å². The molecule has 1 aromatic rings. The first-order valence-electron chi connectivity index (χ1n) is 7.76. The van der Waals surface area contributed by atoms with E-state index in [-0.39, 0.29) is 12.3 Å². The van der Waals surface area contributed by atoms with Crippen LogP contribution in [0.5, 0.6) is 0 Å². The molecule has 142 valence electrons. The van der Waals surface area contributed by atoms with Crippen molar-refractivity contribution in [1.82, 2.24) is 15.4 Å². The van der Waals surface area contributed by atoms with Gasteiger partial charge in [0.2, 0.25) is 10.0 Å². The van der Waals surface area contributed by atoms with E-state index in [4.69, 9.17) is 0 Å². The number of nitrogens with one attached hydrogen (secondary N) is 3. The second-order valence-electron chi connectivity index (χ2n) is 5.17. The summed E-state index contributed by atoms with van der Waals surface area (Å²) in [7, 11) is -1.65. The predicted octanol–water partition coefficient (Wildman–Crippen LogP) is 1.35. The number of sulfonamides is 1. The van der Waals surface area contributed by atoms with E-state index in [0.29, 0.717) is 25.5 Å². The maximum atomic E-state index is 12.5. The Morgan fingerprint density at radius 2 is 1.68 bits per heavy atom. The predicted molar refractivity (Wildman–Crippen MR) is 92.0 cm³/mol. The van der Waals surface area contributed by atoms with E-state index in [1.807, 2.05) is 0 Å². The van der Waals surface area contributed by atoms with Crippen molar-refractivity contribution in [3.63, 3.8) is 0 Å². The monoisotopic (exact) mass is 380 g/mol. The summed E-state index contributed by atoms with van der Waals surface area (Å²) in [6, 6.07) is 5.00. The Morgan fingerprint density at radius 3 is 2.20 bits per heavy atom. The Morgan fingerprint density at radius 1 is 1.08 bits per heavy atom. The fourth-order valence-corrected chi connectivity index (χ4v) is 2.51. The minimum Gasteiger partial charge on any atom is -0.356 e. The van der Waals surface area contributed by atoms with Crippen LogP contribution in [0.1, 0.15) is 18.1 Å². The Labute approximate surface area is 146 Å². The molecule has 0 saturated heterocycles. The number of guanidine groups is 1. The number of hydrogen-bond donors (Lipinski definition) is 3. The van der Waals surface area contributed by atoms with Crippen LogP contribution in [0.2, 0.25) is 0 Å². The highest BCUT2D eigenvalue weighted by molar-refractivity contribution is 7.89. The average Bonchev–Trinajstić information content (AvgIpc) is 2.56. The lowest BCUT2D eigenvalue weighted by atomic mass is 10.1. The summed E-state index contributed by atoms with van der Waals surface area (Å²) < 4.78 is 62.4. The quantitative estimate of drug-likeness (QED) is 0.361. The number of halogens is 3. The molecule has 0 saturated carbocycles. The largest absolute Gasteiger partial charge is 0.416 e. The van der Waals surface area contributed by atoms with Gasteiger partial charge in [0.25, 0.3) is 0 Å². The Balaban J connectivity index is 2.33. The normalized spacial score (nSPS) is 12.9. The molecule has 0 fully saturated rings. The molecule has 0 unspecified atom stereocenters. The summed E-state index contributed by atoms with van der Waals surface area (Å²) in [6.07, 6.45) is -3.80. The highest BCUT2D eigenvalue weighted by Gasteiger charge is 2.29. The maximum absolute atomic E-state index is 12.5. The first-order chi connectivity index (χ1) is 11.7. The van der Waals surface area contributed by atoms with Crippen LogP contribution in [-0.2, 0) is 22.6 Å². The molecular weight excluding hydrogens is 357 g/mol. The Kier molecular flexibility index (Phi) is 8.17. The third kappa shape index (κ3) is 8.21. The Hall–Kier alpha value is -1.81. The van der Waals surface area contributed by atoms with Crippen LogP contribution in [0.3, 0.4) is 0 Å². The van der Waals surface area contributed by atoms with Crippen molar-refractivity contribution in [1.29, 1.82) is 0 Å². The molecule has 25 heavy (non-hydrogen) atoms. The van der Waals surface area contributed by atoms with Crippen LogP contribution < -0.4 is 15.4 Å². The maximum Gasteiger partial charge on any atom is 0.416 e. The molecule has 0 heterocycles. The molecule has 0 aliphatic heterocycles. The third-order valence-corrected chi connectivity index (χ3v) is 4.73. The molecule has 10 heteroatoms. The summed E-state index contributed by atoms with van der Waals surface area (Å²) >= 11 is 0. The topological polar surface area (TPSA) is 82.6 Å². The molecule has 0 spiro atoms. The molecule has 0 aliphatic rings. The smallest absolute Gasteiger partial charge is 0.356 e. The minimum atomic E-state index is -4.33. The van der Waals surface area contributed by atoms with Gasteiger partial charge in [0.15, 0.2) is 5.96 Å². The zero-order chi connectivity index (χ0) is 18.9. The van der Waals surface area contributed by atoms with Gasteiger partial charge in [-0.15, -0.1) is 0 Å². The lowest BCUT2D eigenvalue weighted by Crippen LogP contribution is -2.42. The lowest BCUT2D eigenvalue weighted by Gasteiger charge is -2.12. The summed E-state index contributed by atoms with van der Waals surface area (Å²) in [5.41, 5.74) is 0.0999. The van der Waals surface area contributed by atoms with Crippen molar-refractivity contribution < 1.29 is 21.6 Å². The van der Waals surface area contributed by atoms with Gasteiger partial charge in [0.1, 0.15) is 0 Å². The van der Waals surface area contributed by atoms with E-state index in [1.54, 1.807) is 14.0 Å². The SMILES string of the molecule is CCS(=O)(=O)NCCNC(=NC)NCCc1ccc(C(F)(F)F)cc1. The van der Waals surface area contributed by atoms with Gasteiger partial charge < -0.3 is 10.6 Å². The fourth-order valence-electron chi connectivity index (χ4n) is 1.90. The molecule has 3 N–H and O–H groups in total. The molecule has 0 bridgehead atoms. The van der Waals surface area contributed by atoms with Gasteiger partial charge in [-0.3, -0.25) is 4.99 Å². The number of alkyl halides is 3.